The van der Waals surface area contributed by atoms with E-state index in [2.05, 4.69) is 0 Å². The summed E-state index contributed by atoms with van der Waals surface area (Å²) in [5, 5.41) is 13.3. The second-order valence-electron chi connectivity index (χ2n) is 0.831. The van der Waals surface area contributed by atoms with Crippen molar-refractivity contribution in [2.24, 2.45) is 0 Å². The summed E-state index contributed by atoms with van der Waals surface area (Å²) in [5.74, 6) is 0.130. The molecular formula is C3H2OS2. The molecular weight excluding hydrogens is 116 g/mol. The van der Waals surface area contributed by atoms with Crippen molar-refractivity contribution in [3.05, 3.63) is 10.8 Å². The molecule has 0 atom stereocenters. The fourth-order valence-corrected chi connectivity index (χ4v) is 1.60. The van der Waals surface area contributed by atoms with Crippen LogP contribution in [0.4, 0.5) is 0 Å². The minimum Gasteiger partial charge on any atom is -0.868 e. The third-order valence-electron chi connectivity index (χ3n) is 0.384. The Kier molecular flexibility index (Phi) is 1.03. The van der Waals surface area contributed by atoms with Crippen molar-refractivity contribution in [1.82, 2.24) is 0 Å². The molecule has 0 fully saturated rings. The van der Waals surface area contributed by atoms with E-state index in [1.165, 1.54) is 20.7 Å². The van der Waals surface area contributed by atoms with E-state index in [1.807, 2.05) is 0 Å². The topological polar surface area (TPSA) is 23.1 Å². The van der Waals surface area contributed by atoms with Crippen LogP contribution in [0.15, 0.2) is 10.8 Å². The zero-order valence-electron chi connectivity index (χ0n) is 2.88. The monoisotopic (exact) mass is 118 g/mol. The van der Waals surface area contributed by atoms with Crippen LogP contribution in [0.1, 0.15) is 0 Å². The highest BCUT2D eigenvalue weighted by atomic mass is 32.9. The van der Waals surface area contributed by atoms with Crippen molar-refractivity contribution in [3.8, 4) is 5.75 Å². The van der Waals surface area contributed by atoms with Gasteiger partial charge in [0.05, 0.1) is 0 Å². The van der Waals surface area contributed by atoms with Gasteiger partial charge in [0.15, 0.2) is 0 Å². The third-order valence-corrected chi connectivity index (χ3v) is 2.06. The lowest BCUT2D eigenvalue weighted by Crippen LogP contribution is -1.81. The van der Waals surface area contributed by atoms with Crippen molar-refractivity contribution < 1.29 is 5.11 Å². The van der Waals surface area contributed by atoms with E-state index in [-0.39, 0.29) is 5.75 Å². The molecule has 0 N–H and O–H groups in total. The Bertz CT molecular complexity index is 112. The molecule has 0 aliphatic rings. The summed E-state index contributed by atoms with van der Waals surface area (Å²) in [6, 6.07) is 0. The minimum absolute atomic E-state index is 0.130. The molecule has 0 unspecified atom stereocenters. The molecule has 0 bridgehead atoms. The molecule has 0 saturated heterocycles. The average Bonchev–Trinajstić information content (AvgIpc) is 1.86. The highest BCUT2D eigenvalue weighted by Gasteiger charge is 1.85. The normalized spacial score (nSPS) is 8.67. The summed E-state index contributed by atoms with van der Waals surface area (Å²) in [4.78, 5) is 0. The van der Waals surface area contributed by atoms with Gasteiger partial charge >= 0.3 is 0 Å². The predicted molar refractivity (Wildman–Crippen MR) is 26.0 cm³/mol. The SMILES string of the molecule is [O-]c1cs[s+]c1. The van der Waals surface area contributed by atoms with Crippen LogP contribution in [0.25, 0.3) is 0 Å². The van der Waals surface area contributed by atoms with Crippen molar-refractivity contribution in [1.29, 1.82) is 0 Å². The molecule has 3 heteroatoms. The van der Waals surface area contributed by atoms with E-state index >= 15 is 0 Å². The van der Waals surface area contributed by atoms with Gasteiger partial charge in [0.2, 0.25) is 5.38 Å². The first kappa shape index (κ1) is 4.02. The van der Waals surface area contributed by atoms with Gasteiger partial charge in [-0.1, -0.05) is 0 Å². The summed E-state index contributed by atoms with van der Waals surface area (Å²) in [7, 11) is 2.94. The van der Waals surface area contributed by atoms with Gasteiger partial charge in [-0.25, -0.2) is 0 Å². The van der Waals surface area contributed by atoms with E-state index in [9.17, 15) is 5.11 Å². The Balaban J connectivity index is 3.05. The maximum Gasteiger partial charge on any atom is 0.290 e. The zero-order valence-corrected chi connectivity index (χ0v) is 4.51. The molecule has 1 nitrogen and oxygen atoms in total. The van der Waals surface area contributed by atoms with Gasteiger partial charge in [0, 0.05) is 5.38 Å². The van der Waals surface area contributed by atoms with Gasteiger partial charge in [-0.2, -0.15) is 0 Å². The van der Waals surface area contributed by atoms with Crippen LogP contribution in [0.2, 0.25) is 0 Å². The first-order valence-corrected chi connectivity index (χ1v) is 3.70. The highest BCUT2D eigenvalue weighted by Crippen LogP contribution is 2.14. The fraction of sp³-hybridized carbons (Fsp3) is 0. The van der Waals surface area contributed by atoms with Gasteiger partial charge < -0.3 is 5.11 Å². The Morgan fingerprint density at radius 2 is 2.67 bits per heavy atom. The summed E-state index contributed by atoms with van der Waals surface area (Å²) in [5.41, 5.74) is 0. The molecule has 1 aromatic rings. The van der Waals surface area contributed by atoms with Gasteiger partial charge in [0.25, 0.3) is 10.3 Å². The summed E-state index contributed by atoms with van der Waals surface area (Å²) >= 11 is 0. The fourth-order valence-electron chi connectivity index (χ4n) is 0.178. The largest absolute Gasteiger partial charge is 0.868 e. The van der Waals surface area contributed by atoms with Crippen molar-refractivity contribution in [2.45, 2.75) is 0 Å². The van der Waals surface area contributed by atoms with E-state index in [0.717, 1.165) is 0 Å². The van der Waals surface area contributed by atoms with E-state index in [0.29, 0.717) is 0 Å². The number of hydrogen-bond donors (Lipinski definition) is 0. The van der Waals surface area contributed by atoms with E-state index < -0.39 is 0 Å². The maximum absolute atomic E-state index is 10.1. The Morgan fingerprint density at radius 1 is 1.83 bits per heavy atom. The second kappa shape index (κ2) is 1.53. The smallest absolute Gasteiger partial charge is 0.290 e. The summed E-state index contributed by atoms with van der Waals surface area (Å²) < 4.78 is 0. The number of rotatable bonds is 0. The van der Waals surface area contributed by atoms with E-state index in [1.54, 1.807) is 10.8 Å². The lowest BCUT2D eigenvalue weighted by molar-refractivity contribution is -0.267. The molecule has 1 aromatic heterocycles. The van der Waals surface area contributed by atoms with Gasteiger partial charge in [-0.05, 0) is 5.75 Å². The van der Waals surface area contributed by atoms with Crippen LogP contribution in [0.5, 0.6) is 5.75 Å². The van der Waals surface area contributed by atoms with Crippen LogP contribution < -0.4 is 5.11 Å². The van der Waals surface area contributed by atoms with Crippen molar-refractivity contribution >= 4 is 20.7 Å². The molecule has 0 amide bonds. The molecule has 32 valence electrons. The lowest BCUT2D eigenvalue weighted by Gasteiger charge is -1.84. The van der Waals surface area contributed by atoms with Crippen molar-refractivity contribution in [2.75, 3.05) is 0 Å². The molecule has 1 rings (SSSR count). The molecule has 0 radical (unpaired) electrons. The maximum atomic E-state index is 10.1. The second-order valence-corrected chi connectivity index (χ2v) is 2.84. The molecule has 0 spiro atoms. The van der Waals surface area contributed by atoms with Crippen molar-refractivity contribution in [3.63, 3.8) is 0 Å². The van der Waals surface area contributed by atoms with Crippen LogP contribution in [0, 0.1) is 0 Å². The standard InChI is InChI=1S/C3H2OS2/c4-3-1-5-6-2-3/h1-2H. The minimum atomic E-state index is 0.130. The summed E-state index contributed by atoms with van der Waals surface area (Å²) in [6.07, 6.45) is 0. The third kappa shape index (κ3) is 0.666. The highest BCUT2D eigenvalue weighted by molar-refractivity contribution is 7.68. The van der Waals surface area contributed by atoms with Crippen LogP contribution >= 0.6 is 20.7 Å². The van der Waals surface area contributed by atoms with Gasteiger partial charge in [0.1, 0.15) is 10.3 Å². The Hall–Kier alpha value is -0.150. The molecule has 0 saturated carbocycles. The Labute approximate surface area is 42.9 Å². The predicted octanol–water partition coefficient (Wildman–Crippen LogP) is 1.16. The quantitative estimate of drug-likeness (QED) is 0.370. The first-order valence-electron chi connectivity index (χ1n) is 1.42. The van der Waals surface area contributed by atoms with Crippen LogP contribution in [-0.4, -0.2) is 0 Å². The molecule has 1 heterocycles. The molecule has 0 aliphatic heterocycles. The summed E-state index contributed by atoms with van der Waals surface area (Å²) in [6.45, 7) is 0. The van der Waals surface area contributed by atoms with Gasteiger partial charge in [-0.3, -0.25) is 0 Å². The molecule has 0 aromatic carbocycles. The van der Waals surface area contributed by atoms with Crippen LogP contribution in [0.3, 0.4) is 0 Å². The lowest BCUT2D eigenvalue weighted by atomic mass is 10.7. The van der Waals surface area contributed by atoms with Crippen LogP contribution in [-0.2, 0) is 0 Å². The number of hydrogen-bond acceptors (Lipinski definition) is 2. The Morgan fingerprint density at radius 3 is 2.83 bits per heavy atom. The average molecular weight is 118 g/mol. The van der Waals surface area contributed by atoms with Gasteiger partial charge in [-0.15, -0.1) is 0 Å². The molecule has 6 heavy (non-hydrogen) atoms. The first-order chi connectivity index (χ1) is 2.89. The van der Waals surface area contributed by atoms with E-state index in [4.69, 9.17) is 0 Å². The zero-order chi connectivity index (χ0) is 4.41. The molecule has 0 aliphatic carbocycles.